The van der Waals surface area contributed by atoms with Crippen LogP contribution in [0.5, 0.6) is 5.75 Å². The average Bonchev–Trinajstić information content (AvgIpc) is 2.92. The van der Waals surface area contributed by atoms with Crippen molar-refractivity contribution in [1.29, 1.82) is 0 Å². The molecular formula is C16H18O4. The van der Waals surface area contributed by atoms with Gasteiger partial charge in [-0.25, -0.2) is 4.79 Å². The van der Waals surface area contributed by atoms with E-state index in [2.05, 4.69) is 0 Å². The van der Waals surface area contributed by atoms with E-state index in [-0.39, 0.29) is 11.7 Å². The zero-order valence-corrected chi connectivity index (χ0v) is 11.8. The lowest BCUT2D eigenvalue weighted by Crippen LogP contribution is -2.16. The van der Waals surface area contributed by atoms with Crippen molar-refractivity contribution in [2.45, 2.75) is 32.8 Å². The number of hydrogen-bond acceptors (Lipinski definition) is 4. The van der Waals surface area contributed by atoms with Crippen LogP contribution >= 0.6 is 0 Å². The molecule has 1 saturated heterocycles. The maximum absolute atomic E-state index is 11.5. The molecule has 0 spiro atoms. The molecule has 4 heteroatoms. The van der Waals surface area contributed by atoms with Crippen molar-refractivity contribution in [3.05, 3.63) is 39.7 Å². The highest BCUT2D eigenvalue weighted by molar-refractivity contribution is 5.84. The van der Waals surface area contributed by atoms with E-state index < -0.39 is 0 Å². The summed E-state index contributed by atoms with van der Waals surface area (Å²) in [5, 5.41) is 0.951. The number of benzene rings is 1. The van der Waals surface area contributed by atoms with E-state index in [1.165, 1.54) is 6.07 Å². The van der Waals surface area contributed by atoms with Crippen molar-refractivity contribution < 1.29 is 13.9 Å². The van der Waals surface area contributed by atoms with Gasteiger partial charge in [0, 0.05) is 23.6 Å². The van der Waals surface area contributed by atoms with E-state index >= 15 is 0 Å². The fourth-order valence-corrected chi connectivity index (χ4v) is 2.62. The lowest BCUT2D eigenvalue weighted by molar-refractivity contribution is 0.0677. The summed E-state index contributed by atoms with van der Waals surface area (Å²) in [5.74, 6) is 0.752. The van der Waals surface area contributed by atoms with Crippen LogP contribution in [0.15, 0.2) is 27.4 Å². The van der Waals surface area contributed by atoms with Crippen molar-refractivity contribution in [3.8, 4) is 5.75 Å². The lowest BCUT2D eigenvalue weighted by atomic mass is 10.1. The maximum atomic E-state index is 11.5. The Morgan fingerprint density at radius 3 is 2.95 bits per heavy atom. The Kier molecular flexibility index (Phi) is 3.49. The molecule has 0 radical (unpaired) electrons. The number of rotatable bonds is 3. The van der Waals surface area contributed by atoms with Gasteiger partial charge in [-0.2, -0.15) is 0 Å². The van der Waals surface area contributed by atoms with Gasteiger partial charge in [-0.05, 0) is 44.4 Å². The van der Waals surface area contributed by atoms with Gasteiger partial charge in [0.25, 0.3) is 0 Å². The molecule has 1 aromatic carbocycles. The Bertz CT molecular complexity index is 681. The van der Waals surface area contributed by atoms with E-state index in [1.807, 2.05) is 26.0 Å². The SMILES string of the molecule is Cc1cc(=O)oc2c(C)c(OC[C@H]3CCCO3)ccc12. The summed E-state index contributed by atoms with van der Waals surface area (Å²) < 4.78 is 16.7. The summed E-state index contributed by atoms with van der Waals surface area (Å²) in [4.78, 5) is 11.5. The number of aryl methyl sites for hydroxylation is 2. The van der Waals surface area contributed by atoms with E-state index in [0.717, 1.165) is 41.7 Å². The number of ether oxygens (including phenoxy) is 2. The van der Waals surface area contributed by atoms with E-state index in [4.69, 9.17) is 13.9 Å². The molecule has 1 aromatic heterocycles. The van der Waals surface area contributed by atoms with Crippen LogP contribution in [0.1, 0.15) is 24.0 Å². The molecule has 4 nitrogen and oxygen atoms in total. The maximum Gasteiger partial charge on any atom is 0.336 e. The third-order valence-electron chi connectivity index (χ3n) is 3.77. The molecule has 20 heavy (non-hydrogen) atoms. The van der Waals surface area contributed by atoms with E-state index in [0.29, 0.717) is 12.2 Å². The summed E-state index contributed by atoms with van der Waals surface area (Å²) in [7, 11) is 0. The van der Waals surface area contributed by atoms with Gasteiger partial charge < -0.3 is 13.9 Å². The molecule has 106 valence electrons. The zero-order chi connectivity index (χ0) is 14.1. The first-order chi connectivity index (χ1) is 9.65. The first-order valence-electron chi connectivity index (χ1n) is 6.93. The Hall–Kier alpha value is -1.81. The van der Waals surface area contributed by atoms with Gasteiger partial charge in [-0.1, -0.05) is 0 Å². The largest absolute Gasteiger partial charge is 0.490 e. The second-order valence-electron chi connectivity index (χ2n) is 5.26. The lowest BCUT2D eigenvalue weighted by Gasteiger charge is -2.14. The summed E-state index contributed by atoms with van der Waals surface area (Å²) in [6, 6.07) is 5.37. The van der Waals surface area contributed by atoms with Crippen LogP contribution in [-0.4, -0.2) is 19.3 Å². The molecule has 1 aliphatic heterocycles. The quantitative estimate of drug-likeness (QED) is 0.807. The third kappa shape index (κ3) is 2.43. The van der Waals surface area contributed by atoms with Crippen molar-refractivity contribution >= 4 is 11.0 Å². The average molecular weight is 274 g/mol. The Balaban J connectivity index is 1.92. The molecule has 0 bridgehead atoms. The van der Waals surface area contributed by atoms with Gasteiger partial charge in [0.2, 0.25) is 0 Å². The van der Waals surface area contributed by atoms with Gasteiger partial charge in [-0.3, -0.25) is 0 Å². The number of hydrogen-bond donors (Lipinski definition) is 0. The molecule has 0 unspecified atom stereocenters. The summed E-state index contributed by atoms with van der Waals surface area (Å²) in [6.07, 6.45) is 2.31. The van der Waals surface area contributed by atoms with Crippen LogP contribution in [-0.2, 0) is 4.74 Å². The second-order valence-corrected chi connectivity index (χ2v) is 5.26. The fraction of sp³-hybridized carbons (Fsp3) is 0.438. The van der Waals surface area contributed by atoms with Crippen LogP contribution in [0.4, 0.5) is 0 Å². The van der Waals surface area contributed by atoms with E-state index in [9.17, 15) is 4.79 Å². The zero-order valence-electron chi connectivity index (χ0n) is 11.8. The van der Waals surface area contributed by atoms with Crippen molar-refractivity contribution in [2.24, 2.45) is 0 Å². The summed E-state index contributed by atoms with van der Waals surface area (Å²) in [5.41, 5.74) is 2.07. The van der Waals surface area contributed by atoms with Crippen LogP contribution in [0, 0.1) is 13.8 Å². The van der Waals surface area contributed by atoms with Crippen molar-refractivity contribution in [2.75, 3.05) is 13.2 Å². The fourth-order valence-electron chi connectivity index (χ4n) is 2.62. The molecular weight excluding hydrogens is 256 g/mol. The highest BCUT2D eigenvalue weighted by Gasteiger charge is 2.17. The smallest absolute Gasteiger partial charge is 0.336 e. The van der Waals surface area contributed by atoms with Gasteiger partial charge in [0.1, 0.15) is 17.9 Å². The molecule has 2 aromatic rings. The summed E-state index contributed by atoms with van der Waals surface area (Å²) >= 11 is 0. The molecule has 2 heterocycles. The third-order valence-corrected chi connectivity index (χ3v) is 3.77. The standard InChI is InChI=1S/C16H18O4/c1-10-8-15(17)20-16-11(2)14(6-5-13(10)16)19-9-12-4-3-7-18-12/h5-6,8,12H,3-4,7,9H2,1-2H3/t12-/m1/s1. The normalized spacial score (nSPS) is 18.6. The molecule has 1 atom stereocenters. The highest BCUT2D eigenvalue weighted by Crippen LogP contribution is 2.28. The second kappa shape index (κ2) is 5.29. The predicted molar refractivity (Wildman–Crippen MR) is 76.4 cm³/mol. The van der Waals surface area contributed by atoms with Crippen LogP contribution < -0.4 is 10.4 Å². The van der Waals surface area contributed by atoms with Gasteiger partial charge >= 0.3 is 5.63 Å². The highest BCUT2D eigenvalue weighted by atomic mass is 16.5. The minimum absolute atomic E-state index is 0.176. The molecule has 1 fully saturated rings. The monoisotopic (exact) mass is 274 g/mol. The molecule has 1 aliphatic rings. The van der Waals surface area contributed by atoms with Crippen LogP contribution in [0.3, 0.4) is 0 Å². The molecule has 0 saturated carbocycles. The van der Waals surface area contributed by atoms with Gasteiger partial charge in [0.15, 0.2) is 0 Å². The van der Waals surface area contributed by atoms with Gasteiger partial charge in [-0.15, -0.1) is 0 Å². The van der Waals surface area contributed by atoms with Crippen LogP contribution in [0.25, 0.3) is 11.0 Å². The molecule has 0 aliphatic carbocycles. The predicted octanol–water partition coefficient (Wildman–Crippen LogP) is 2.97. The number of fused-ring (bicyclic) bond motifs is 1. The van der Waals surface area contributed by atoms with Crippen molar-refractivity contribution in [3.63, 3.8) is 0 Å². The first kappa shape index (κ1) is 13.2. The van der Waals surface area contributed by atoms with Gasteiger partial charge in [0.05, 0.1) is 6.10 Å². The topological polar surface area (TPSA) is 48.7 Å². The Morgan fingerprint density at radius 1 is 1.35 bits per heavy atom. The van der Waals surface area contributed by atoms with Crippen LogP contribution in [0.2, 0.25) is 0 Å². The minimum atomic E-state index is -0.325. The Labute approximate surface area is 117 Å². The minimum Gasteiger partial charge on any atom is -0.490 e. The Morgan fingerprint density at radius 2 is 2.20 bits per heavy atom. The van der Waals surface area contributed by atoms with Crippen molar-refractivity contribution in [1.82, 2.24) is 0 Å². The van der Waals surface area contributed by atoms with E-state index in [1.54, 1.807) is 0 Å². The first-order valence-corrected chi connectivity index (χ1v) is 6.93. The summed E-state index contributed by atoms with van der Waals surface area (Å²) in [6.45, 7) is 5.18. The molecule has 0 N–H and O–H groups in total. The molecule has 3 rings (SSSR count). The molecule has 0 amide bonds.